The molecule has 2 aliphatic rings. The highest BCUT2D eigenvalue weighted by Crippen LogP contribution is 2.26. The summed E-state index contributed by atoms with van der Waals surface area (Å²) in [7, 11) is 0. The summed E-state index contributed by atoms with van der Waals surface area (Å²) in [6, 6.07) is 5.73. The molecule has 0 radical (unpaired) electrons. The zero-order valence-electron chi connectivity index (χ0n) is 18.7. The van der Waals surface area contributed by atoms with Gasteiger partial charge in [-0.25, -0.2) is 4.79 Å². The molecule has 1 saturated heterocycles. The van der Waals surface area contributed by atoms with Crippen LogP contribution in [0.3, 0.4) is 0 Å². The lowest BCUT2D eigenvalue weighted by Crippen LogP contribution is -2.47. The number of hydrogen-bond donors (Lipinski definition) is 2. The number of likely N-dealkylation sites (tertiary alicyclic amines) is 1. The fourth-order valence-corrected chi connectivity index (χ4v) is 3.71. The van der Waals surface area contributed by atoms with Gasteiger partial charge in [-0.2, -0.15) is 0 Å². The fraction of sp³-hybridized carbons (Fsp3) is 0.609. The average molecular weight is 432 g/mol. The van der Waals surface area contributed by atoms with Gasteiger partial charge in [0.1, 0.15) is 11.4 Å². The Morgan fingerprint density at radius 2 is 1.94 bits per heavy atom. The number of ether oxygens (including phenoxy) is 2. The number of aryl methyl sites for hydroxylation is 1. The minimum atomic E-state index is -0.501. The second-order valence-electron chi connectivity index (χ2n) is 9.13. The van der Waals surface area contributed by atoms with Crippen LogP contribution in [0.5, 0.6) is 5.75 Å². The molecule has 8 heteroatoms. The van der Waals surface area contributed by atoms with E-state index in [0.29, 0.717) is 45.4 Å². The molecule has 1 fully saturated rings. The van der Waals surface area contributed by atoms with Gasteiger partial charge in [0, 0.05) is 37.7 Å². The van der Waals surface area contributed by atoms with Crippen LogP contribution in [0.15, 0.2) is 18.2 Å². The normalized spacial score (nSPS) is 16.9. The number of fused-ring (bicyclic) bond motifs is 1. The van der Waals surface area contributed by atoms with E-state index in [2.05, 4.69) is 10.6 Å². The lowest BCUT2D eigenvalue weighted by atomic mass is 10.0. The quantitative estimate of drug-likeness (QED) is 0.674. The summed E-state index contributed by atoms with van der Waals surface area (Å²) in [6.45, 7) is 7.19. The molecule has 2 N–H and O–H groups in total. The molecule has 3 amide bonds. The standard InChI is InChI=1S/C23H33N3O5/c1-23(2,3)31-22(29)26-12-10-17(11-13-26)24-20(27)5-4-14-30-18-7-8-19-16(15-18)6-9-21(28)25-19/h7-8,15,17H,4-6,9-14H2,1-3H3,(H,24,27)(H,25,28). The zero-order chi connectivity index (χ0) is 22.4. The number of nitrogens with one attached hydrogen (secondary N) is 2. The summed E-state index contributed by atoms with van der Waals surface area (Å²) in [5, 5.41) is 5.91. The van der Waals surface area contributed by atoms with Crippen molar-refractivity contribution in [3.05, 3.63) is 23.8 Å². The van der Waals surface area contributed by atoms with Crippen molar-refractivity contribution in [3.8, 4) is 5.75 Å². The minimum Gasteiger partial charge on any atom is -0.494 e. The van der Waals surface area contributed by atoms with Gasteiger partial charge in [0.2, 0.25) is 11.8 Å². The second-order valence-corrected chi connectivity index (χ2v) is 9.13. The second kappa shape index (κ2) is 10.0. The molecule has 1 aromatic rings. The van der Waals surface area contributed by atoms with Crippen molar-refractivity contribution >= 4 is 23.6 Å². The van der Waals surface area contributed by atoms with E-state index in [1.54, 1.807) is 4.90 Å². The lowest BCUT2D eigenvalue weighted by molar-refractivity contribution is -0.122. The Balaban J connectivity index is 1.31. The largest absolute Gasteiger partial charge is 0.494 e. The summed E-state index contributed by atoms with van der Waals surface area (Å²) in [6.07, 6.45) is 3.39. The van der Waals surface area contributed by atoms with E-state index in [-0.39, 0.29) is 23.9 Å². The van der Waals surface area contributed by atoms with Gasteiger partial charge in [0.15, 0.2) is 0 Å². The number of hydrogen-bond acceptors (Lipinski definition) is 5. The van der Waals surface area contributed by atoms with E-state index in [0.717, 1.165) is 29.8 Å². The predicted molar refractivity (Wildman–Crippen MR) is 117 cm³/mol. The van der Waals surface area contributed by atoms with E-state index >= 15 is 0 Å². The topological polar surface area (TPSA) is 97.0 Å². The molecule has 31 heavy (non-hydrogen) atoms. The van der Waals surface area contributed by atoms with E-state index in [4.69, 9.17) is 9.47 Å². The Kier molecular flexibility index (Phi) is 7.41. The molecular formula is C23H33N3O5. The fourth-order valence-electron chi connectivity index (χ4n) is 3.71. The van der Waals surface area contributed by atoms with Crippen LogP contribution >= 0.6 is 0 Å². The van der Waals surface area contributed by atoms with Gasteiger partial charge in [0.05, 0.1) is 6.61 Å². The molecule has 0 bridgehead atoms. The Morgan fingerprint density at radius 1 is 1.19 bits per heavy atom. The third kappa shape index (κ3) is 7.15. The Hall–Kier alpha value is -2.77. The van der Waals surface area contributed by atoms with Crippen molar-refractivity contribution in [3.63, 3.8) is 0 Å². The number of carbonyl (C=O) groups excluding carboxylic acids is 3. The number of amides is 3. The molecular weight excluding hydrogens is 398 g/mol. The van der Waals surface area contributed by atoms with Gasteiger partial charge in [-0.15, -0.1) is 0 Å². The van der Waals surface area contributed by atoms with Gasteiger partial charge in [0.25, 0.3) is 0 Å². The lowest BCUT2D eigenvalue weighted by Gasteiger charge is -2.33. The molecule has 2 heterocycles. The summed E-state index contributed by atoms with van der Waals surface area (Å²) in [4.78, 5) is 37.5. The highest BCUT2D eigenvalue weighted by molar-refractivity contribution is 5.94. The maximum absolute atomic E-state index is 12.2. The van der Waals surface area contributed by atoms with E-state index in [1.165, 1.54) is 0 Å². The maximum Gasteiger partial charge on any atom is 0.410 e. The molecule has 3 rings (SSSR count). The molecule has 1 aromatic carbocycles. The number of piperidine rings is 1. The van der Waals surface area contributed by atoms with Crippen LogP contribution in [0.1, 0.15) is 58.4 Å². The van der Waals surface area contributed by atoms with Crippen molar-refractivity contribution in [1.82, 2.24) is 10.2 Å². The smallest absolute Gasteiger partial charge is 0.410 e. The van der Waals surface area contributed by atoms with Crippen LogP contribution in [0.2, 0.25) is 0 Å². The number of benzene rings is 1. The molecule has 0 unspecified atom stereocenters. The molecule has 8 nitrogen and oxygen atoms in total. The first-order valence-corrected chi connectivity index (χ1v) is 11.0. The molecule has 2 aliphatic heterocycles. The van der Waals surface area contributed by atoms with Crippen LogP contribution in [-0.4, -0.2) is 54.1 Å². The van der Waals surface area contributed by atoms with E-state index < -0.39 is 5.60 Å². The maximum atomic E-state index is 12.2. The van der Waals surface area contributed by atoms with Gasteiger partial charge >= 0.3 is 6.09 Å². The molecule has 170 valence electrons. The highest BCUT2D eigenvalue weighted by atomic mass is 16.6. The van der Waals surface area contributed by atoms with Crippen LogP contribution in [-0.2, 0) is 20.7 Å². The van der Waals surface area contributed by atoms with E-state index in [9.17, 15) is 14.4 Å². The van der Waals surface area contributed by atoms with Crippen molar-refractivity contribution in [2.45, 2.75) is 70.9 Å². The SMILES string of the molecule is CC(C)(C)OC(=O)N1CCC(NC(=O)CCCOc2ccc3c(c2)CCC(=O)N3)CC1. The molecule has 0 aliphatic carbocycles. The number of rotatable bonds is 6. The Bertz CT molecular complexity index is 810. The summed E-state index contributed by atoms with van der Waals surface area (Å²) in [5.74, 6) is 0.806. The van der Waals surface area contributed by atoms with Crippen LogP contribution in [0.4, 0.5) is 10.5 Å². The third-order valence-corrected chi connectivity index (χ3v) is 5.30. The first kappa shape index (κ1) is 22.9. The van der Waals surface area contributed by atoms with Crippen molar-refractivity contribution in [2.75, 3.05) is 25.0 Å². The summed E-state index contributed by atoms with van der Waals surface area (Å²) < 4.78 is 11.2. The zero-order valence-corrected chi connectivity index (χ0v) is 18.7. The Labute approximate surface area is 183 Å². The first-order chi connectivity index (χ1) is 14.7. The van der Waals surface area contributed by atoms with Crippen LogP contribution < -0.4 is 15.4 Å². The van der Waals surface area contributed by atoms with Gasteiger partial charge in [-0.1, -0.05) is 0 Å². The predicted octanol–water partition coefficient (Wildman–Crippen LogP) is 3.25. The van der Waals surface area contributed by atoms with Gasteiger partial charge in [-0.3, -0.25) is 9.59 Å². The molecule has 0 atom stereocenters. The van der Waals surface area contributed by atoms with Crippen molar-refractivity contribution < 1.29 is 23.9 Å². The van der Waals surface area contributed by atoms with Crippen molar-refractivity contribution in [1.29, 1.82) is 0 Å². The van der Waals surface area contributed by atoms with Crippen LogP contribution in [0.25, 0.3) is 0 Å². The Morgan fingerprint density at radius 3 is 2.65 bits per heavy atom. The van der Waals surface area contributed by atoms with Gasteiger partial charge in [-0.05, 0) is 70.2 Å². The monoisotopic (exact) mass is 431 g/mol. The van der Waals surface area contributed by atoms with E-state index in [1.807, 2.05) is 39.0 Å². The van der Waals surface area contributed by atoms with Crippen molar-refractivity contribution in [2.24, 2.45) is 0 Å². The number of carbonyl (C=O) groups is 3. The number of anilines is 1. The summed E-state index contributed by atoms with van der Waals surface area (Å²) in [5.41, 5.74) is 1.42. The molecule has 0 spiro atoms. The minimum absolute atomic E-state index is 0.00692. The third-order valence-electron chi connectivity index (χ3n) is 5.30. The highest BCUT2D eigenvalue weighted by Gasteiger charge is 2.27. The van der Waals surface area contributed by atoms with Gasteiger partial charge < -0.3 is 25.0 Å². The average Bonchev–Trinajstić information content (AvgIpc) is 2.70. The summed E-state index contributed by atoms with van der Waals surface area (Å²) >= 11 is 0. The van der Waals surface area contributed by atoms with Crippen LogP contribution in [0, 0.1) is 0 Å². The molecule has 0 aromatic heterocycles. The molecule has 0 saturated carbocycles. The number of nitrogens with zero attached hydrogens (tertiary/aromatic N) is 1. The first-order valence-electron chi connectivity index (χ1n) is 11.0.